The summed E-state index contributed by atoms with van der Waals surface area (Å²) < 4.78 is 5.63. The van der Waals surface area contributed by atoms with Crippen LogP contribution >= 0.6 is 15.9 Å². The minimum absolute atomic E-state index is 0.339. The molecule has 1 aromatic heterocycles. The molecule has 2 aromatic rings. The van der Waals surface area contributed by atoms with Crippen LogP contribution in [0.1, 0.15) is 17.3 Å². The molecule has 0 spiro atoms. The Kier molecular flexibility index (Phi) is 2.73. The lowest BCUT2D eigenvalue weighted by Crippen LogP contribution is -2.05. The first-order valence-electron chi connectivity index (χ1n) is 4.52. The normalized spacial score (nSPS) is 10.5. The smallest absolute Gasteiger partial charge is 0.339 e. The Morgan fingerprint density at radius 1 is 1.60 bits per heavy atom. The molecule has 0 saturated carbocycles. The second kappa shape index (κ2) is 4.02. The Labute approximate surface area is 94.8 Å². The van der Waals surface area contributed by atoms with E-state index in [9.17, 15) is 4.79 Å². The minimum atomic E-state index is -0.339. The zero-order chi connectivity index (χ0) is 10.8. The number of imidazole rings is 1. The van der Waals surface area contributed by atoms with Crippen molar-refractivity contribution in [1.29, 1.82) is 0 Å². The number of hydrogen-bond acceptors (Lipinski definition) is 3. The summed E-state index contributed by atoms with van der Waals surface area (Å²) >= 11 is 3.32. The van der Waals surface area contributed by atoms with Crippen LogP contribution in [-0.2, 0) is 4.74 Å². The predicted molar refractivity (Wildman–Crippen MR) is 59.8 cm³/mol. The standard InChI is InChI=1S/C10H9BrN2O2/c1-2-15-10(14)6-3-8-9(4-7(6)11)13-5-12-8/h3-5H,2H2,1H3,(H,12,13). The lowest BCUT2D eigenvalue weighted by molar-refractivity contribution is 0.0525. The van der Waals surface area contributed by atoms with E-state index in [4.69, 9.17) is 4.74 Å². The molecule has 0 amide bonds. The zero-order valence-corrected chi connectivity index (χ0v) is 9.67. The van der Waals surface area contributed by atoms with Gasteiger partial charge in [-0.15, -0.1) is 0 Å². The van der Waals surface area contributed by atoms with Crippen LogP contribution in [0, 0.1) is 0 Å². The lowest BCUT2D eigenvalue weighted by Gasteiger charge is -2.03. The average Bonchev–Trinajstić information content (AvgIpc) is 2.63. The molecule has 2 rings (SSSR count). The molecule has 0 aliphatic carbocycles. The van der Waals surface area contributed by atoms with Crippen LogP contribution in [0.3, 0.4) is 0 Å². The number of carbonyl (C=O) groups excluding carboxylic acids is 1. The van der Waals surface area contributed by atoms with E-state index in [1.54, 1.807) is 19.3 Å². The summed E-state index contributed by atoms with van der Waals surface area (Å²) in [5.41, 5.74) is 2.13. The van der Waals surface area contributed by atoms with Crippen LogP contribution in [0.4, 0.5) is 0 Å². The number of benzene rings is 1. The minimum Gasteiger partial charge on any atom is -0.462 e. The van der Waals surface area contributed by atoms with Crippen molar-refractivity contribution < 1.29 is 9.53 Å². The number of nitrogens with zero attached hydrogens (tertiary/aromatic N) is 1. The molecule has 4 nitrogen and oxygen atoms in total. The van der Waals surface area contributed by atoms with Gasteiger partial charge in [0.15, 0.2) is 0 Å². The maximum absolute atomic E-state index is 11.5. The molecule has 1 heterocycles. The first-order chi connectivity index (χ1) is 7.22. The Balaban J connectivity index is 2.50. The van der Waals surface area contributed by atoms with Crippen molar-refractivity contribution in [3.63, 3.8) is 0 Å². The van der Waals surface area contributed by atoms with E-state index in [-0.39, 0.29) is 5.97 Å². The van der Waals surface area contributed by atoms with E-state index >= 15 is 0 Å². The number of carbonyl (C=O) groups is 1. The van der Waals surface area contributed by atoms with Crippen molar-refractivity contribution in [3.05, 3.63) is 28.5 Å². The highest BCUT2D eigenvalue weighted by Crippen LogP contribution is 2.23. The molecule has 0 aliphatic rings. The summed E-state index contributed by atoms with van der Waals surface area (Å²) in [4.78, 5) is 18.6. The first kappa shape index (κ1) is 10.2. The number of aromatic nitrogens is 2. The topological polar surface area (TPSA) is 55.0 Å². The number of rotatable bonds is 2. The van der Waals surface area contributed by atoms with Gasteiger partial charge in [0.2, 0.25) is 0 Å². The molecule has 5 heteroatoms. The SMILES string of the molecule is CCOC(=O)c1cc2nc[nH]c2cc1Br. The van der Waals surface area contributed by atoms with Crippen molar-refractivity contribution in [3.8, 4) is 0 Å². The van der Waals surface area contributed by atoms with Crippen LogP contribution in [0.15, 0.2) is 22.9 Å². The number of ether oxygens (including phenoxy) is 1. The molecular formula is C10H9BrN2O2. The Morgan fingerprint density at radius 3 is 3.13 bits per heavy atom. The molecule has 78 valence electrons. The largest absolute Gasteiger partial charge is 0.462 e. The maximum Gasteiger partial charge on any atom is 0.339 e. The van der Waals surface area contributed by atoms with Gasteiger partial charge in [-0.05, 0) is 35.0 Å². The Morgan fingerprint density at radius 2 is 2.40 bits per heavy atom. The van der Waals surface area contributed by atoms with Crippen LogP contribution in [0.5, 0.6) is 0 Å². The van der Waals surface area contributed by atoms with Gasteiger partial charge in [0, 0.05) is 4.47 Å². The van der Waals surface area contributed by atoms with Gasteiger partial charge in [0.05, 0.1) is 29.5 Å². The van der Waals surface area contributed by atoms with Crippen LogP contribution < -0.4 is 0 Å². The summed E-state index contributed by atoms with van der Waals surface area (Å²) in [7, 11) is 0. The molecule has 0 saturated heterocycles. The fraction of sp³-hybridized carbons (Fsp3) is 0.200. The van der Waals surface area contributed by atoms with E-state index in [0.29, 0.717) is 16.6 Å². The van der Waals surface area contributed by atoms with Gasteiger partial charge in [-0.2, -0.15) is 0 Å². The monoisotopic (exact) mass is 268 g/mol. The zero-order valence-electron chi connectivity index (χ0n) is 8.08. The van der Waals surface area contributed by atoms with E-state index in [1.165, 1.54) is 0 Å². The molecule has 0 radical (unpaired) electrons. The summed E-state index contributed by atoms with van der Waals surface area (Å²) in [5, 5.41) is 0. The molecule has 0 fully saturated rings. The molecular weight excluding hydrogens is 260 g/mol. The summed E-state index contributed by atoms with van der Waals surface area (Å²) in [5.74, 6) is -0.339. The van der Waals surface area contributed by atoms with Gasteiger partial charge < -0.3 is 9.72 Å². The average molecular weight is 269 g/mol. The number of aromatic amines is 1. The van der Waals surface area contributed by atoms with Gasteiger partial charge in [0.1, 0.15) is 0 Å². The summed E-state index contributed by atoms with van der Waals surface area (Å²) in [6.45, 7) is 2.14. The van der Waals surface area contributed by atoms with Gasteiger partial charge in [0.25, 0.3) is 0 Å². The van der Waals surface area contributed by atoms with Gasteiger partial charge >= 0.3 is 5.97 Å². The molecule has 15 heavy (non-hydrogen) atoms. The third-order valence-electron chi connectivity index (χ3n) is 2.00. The highest BCUT2D eigenvalue weighted by molar-refractivity contribution is 9.10. The van der Waals surface area contributed by atoms with Crippen molar-refractivity contribution in [2.75, 3.05) is 6.61 Å². The molecule has 1 N–H and O–H groups in total. The van der Waals surface area contributed by atoms with E-state index in [2.05, 4.69) is 25.9 Å². The lowest BCUT2D eigenvalue weighted by atomic mass is 10.2. The highest BCUT2D eigenvalue weighted by Gasteiger charge is 2.12. The number of nitrogens with one attached hydrogen (secondary N) is 1. The van der Waals surface area contributed by atoms with Crippen molar-refractivity contribution in [2.24, 2.45) is 0 Å². The number of fused-ring (bicyclic) bond motifs is 1. The van der Waals surface area contributed by atoms with Crippen molar-refractivity contribution in [2.45, 2.75) is 6.92 Å². The van der Waals surface area contributed by atoms with Gasteiger partial charge in [-0.3, -0.25) is 0 Å². The quantitative estimate of drug-likeness (QED) is 0.852. The fourth-order valence-electron chi connectivity index (χ4n) is 1.32. The van der Waals surface area contributed by atoms with E-state index in [1.807, 2.05) is 6.07 Å². The fourth-order valence-corrected chi connectivity index (χ4v) is 1.83. The number of halogens is 1. The molecule has 0 bridgehead atoms. The van der Waals surface area contributed by atoms with Crippen LogP contribution in [0.2, 0.25) is 0 Å². The summed E-state index contributed by atoms with van der Waals surface area (Å²) in [6, 6.07) is 3.52. The number of H-pyrrole nitrogens is 1. The third-order valence-corrected chi connectivity index (χ3v) is 2.66. The van der Waals surface area contributed by atoms with E-state index < -0.39 is 0 Å². The molecule has 1 aromatic carbocycles. The van der Waals surface area contributed by atoms with Crippen molar-refractivity contribution in [1.82, 2.24) is 9.97 Å². The van der Waals surface area contributed by atoms with Gasteiger partial charge in [-0.1, -0.05) is 0 Å². The summed E-state index contributed by atoms with van der Waals surface area (Å²) in [6.07, 6.45) is 1.59. The number of esters is 1. The molecule has 0 unspecified atom stereocenters. The second-order valence-corrected chi connectivity index (χ2v) is 3.83. The van der Waals surface area contributed by atoms with Crippen LogP contribution in [0.25, 0.3) is 11.0 Å². The molecule has 0 atom stereocenters. The number of hydrogen-bond donors (Lipinski definition) is 1. The van der Waals surface area contributed by atoms with E-state index in [0.717, 1.165) is 11.0 Å². The third kappa shape index (κ3) is 1.87. The van der Waals surface area contributed by atoms with Crippen molar-refractivity contribution >= 4 is 32.9 Å². The Hall–Kier alpha value is -1.36. The van der Waals surface area contributed by atoms with Gasteiger partial charge in [-0.25, -0.2) is 9.78 Å². The van der Waals surface area contributed by atoms with Crippen LogP contribution in [-0.4, -0.2) is 22.5 Å². The maximum atomic E-state index is 11.5. The second-order valence-electron chi connectivity index (χ2n) is 2.97. The first-order valence-corrected chi connectivity index (χ1v) is 5.31. The Bertz CT molecular complexity index is 507. The predicted octanol–water partition coefficient (Wildman–Crippen LogP) is 2.50. The molecule has 0 aliphatic heterocycles. The highest BCUT2D eigenvalue weighted by atomic mass is 79.9.